The van der Waals surface area contributed by atoms with Crippen molar-refractivity contribution < 1.29 is 14.3 Å². The van der Waals surface area contributed by atoms with Crippen LogP contribution in [0, 0.1) is 6.92 Å². The molecule has 31 heavy (non-hydrogen) atoms. The quantitative estimate of drug-likeness (QED) is 0.283. The van der Waals surface area contributed by atoms with E-state index in [1.165, 1.54) is 30.4 Å². The molecule has 0 aliphatic carbocycles. The molecule has 0 unspecified atom stereocenters. The Morgan fingerprint density at radius 2 is 1.84 bits per heavy atom. The second-order valence-corrected chi connectivity index (χ2v) is 6.57. The van der Waals surface area contributed by atoms with Crippen LogP contribution in [-0.2, 0) is 0 Å². The molecule has 2 aromatic carbocycles. The van der Waals surface area contributed by atoms with Crippen molar-refractivity contribution in [2.75, 3.05) is 7.11 Å². The van der Waals surface area contributed by atoms with Crippen molar-refractivity contribution in [1.82, 2.24) is 14.6 Å². The molecule has 0 N–H and O–H groups in total. The second-order valence-electron chi connectivity index (χ2n) is 6.57. The van der Waals surface area contributed by atoms with E-state index in [-0.39, 0.29) is 11.3 Å². The highest BCUT2D eigenvalue weighted by atomic mass is 16.6. The van der Waals surface area contributed by atoms with E-state index in [1.807, 2.05) is 6.07 Å². The Morgan fingerprint density at radius 1 is 1.06 bits per heavy atom. The summed E-state index contributed by atoms with van der Waals surface area (Å²) in [6, 6.07) is 15.2. The largest absolute Gasteiger partial charge is 0.493 e. The standard InChI is InChI=1S/C23H18N4O4/c1-15-26-19-6-4-3-5-18(19)22(28)27(15)25-14-16-7-8-20(21(13-16)30-2)31-23(29)17-9-11-24-12-10-17/h3-14H,1-2H3. The zero-order chi connectivity index (χ0) is 21.8. The van der Waals surface area contributed by atoms with Gasteiger partial charge < -0.3 is 9.47 Å². The summed E-state index contributed by atoms with van der Waals surface area (Å²) < 4.78 is 12.0. The first-order valence-electron chi connectivity index (χ1n) is 9.40. The van der Waals surface area contributed by atoms with E-state index < -0.39 is 5.97 Å². The van der Waals surface area contributed by atoms with Gasteiger partial charge >= 0.3 is 5.97 Å². The van der Waals surface area contributed by atoms with Crippen LogP contribution in [0.1, 0.15) is 21.7 Å². The van der Waals surface area contributed by atoms with Gasteiger partial charge in [0.2, 0.25) is 0 Å². The van der Waals surface area contributed by atoms with Gasteiger partial charge in [-0.15, -0.1) is 0 Å². The summed E-state index contributed by atoms with van der Waals surface area (Å²) in [7, 11) is 1.47. The van der Waals surface area contributed by atoms with E-state index in [2.05, 4.69) is 15.1 Å². The van der Waals surface area contributed by atoms with Gasteiger partial charge in [0.15, 0.2) is 11.5 Å². The number of carbonyl (C=O) groups is 1. The van der Waals surface area contributed by atoms with Crippen LogP contribution in [0.3, 0.4) is 0 Å². The molecule has 2 heterocycles. The van der Waals surface area contributed by atoms with Crippen molar-refractivity contribution in [3.8, 4) is 11.5 Å². The Morgan fingerprint density at radius 3 is 2.61 bits per heavy atom. The predicted octanol–water partition coefficient (Wildman–Crippen LogP) is 3.21. The molecule has 4 aromatic rings. The maximum atomic E-state index is 12.7. The van der Waals surface area contributed by atoms with Crippen molar-refractivity contribution in [3.63, 3.8) is 0 Å². The van der Waals surface area contributed by atoms with E-state index in [4.69, 9.17) is 9.47 Å². The van der Waals surface area contributed by atoms with Gasteiger partial charge in [0.1, 0.15) is 5.82 Å². The van der Waals surface area contributed by atoms with Crippen molar-refractivity contribution in [2.24, 2.45) is 5.10 Å². The van der Waals surface area contributed by atoms with E-state index in [0.717, 1.165) is 0 Å². The number of hydrogen-bond donors (Lipinski definition) is 0. The fraction of sp³-hybridized carbons (Fsp3) is 0.0870. The van der Waals surface area contributed by atoms with Gasteiger partial charge in [-0.05, 0) is 55.0 Å². The van der Waals surface area contributed by atoms with Gasteiger partial charge in [0.05, 0.1) is 29.8 Å². The zero-order valence-electron chi connectivity index (χ0n) is 16.9. The third kappa shape index (κ3) is 4.18. The molecule has 2 aromatic heterocycles. The first kappa shape index (κ1) is 20.0. The highest BCUT2D eigenvalue weighted by Gasteiger charge is 2.13. The number of para-hydroxylation sites is 1. The number of ether oxygens (including phenoxy) is 2. The maximum Gasteiger partial charge on any atom is 0.343 e. The molecule has 8 heteroatoms. The van der Waals surface area contributed by atoms with Crippen molar-refractivity contribution in [3.05, 3.63) is 94.3 Å². The van der Waals surface area contributed by atoms with Gasteiger partial charge in [0.25, 0.3) is 5.56 Å². The summed E-state index contributed by atoms with van der Waals surface area (Å²) in [5.74, 6) is 0.565. The summed E-state index contributed by atoms with van der Waals surface area (Å²) >= 11 is 0. The lowest BCUT2D eigenvalue weighted by Crippen LogP contribution is -2.20. The van der Waals surface area contributed by atoms with Crippen LogP contribution >= 0.6 is 0 Å². The number of carbonyl (C=O) groups excluding carboxylic acids is 1. The monoisotopic (exact) mass is 414 g/mol. The van der Waals surface area contributed by atoms with Gasteiger partial charge in [-0.2, -0.15) is 9.78 Å². The molecule has 0 spiro atoms. The van der Waals surface area contributed by atoms with Crippen LogP contribution < -0.4 is 15.0 Å². The molecule has 8 nitrogen and oxygen atoms in total. The van der Waals surface area contributed by atoms with Crippen LogP contribution in [0.4, 0.5) is 0 Å². The van der Waals surface area contributed by atoms with Crippen LogP contribution in [0.2, 0.25) is 0 Å². The molecule has 0 fully saturated rings. The minimum Gasteiger partial charge on any atom is -0.493 e. The molecule has 0 atom stereocenters. The smallest absolute Gasteiger partial charge is 0.343 e. The minimum atomic E-state index is -0.522. The number of esters is 1. The Bertz CT molecular complexity index is 1350. The predicted molar refractivity (Wildman–Crippen MR) is 116 cm³/mol. The number of aryl methyl sites for hydroxylation is 1. The zero-order valence-corrected chi connectivity index (χ0v) is 16.9. The average Bonchev–Trinajstić information content (AvgIpc) is 2.80. The lowest BCUT2D eigenvalue weighted by Gasteiger charge is -2.10. The molecule has 0 bridgehead atoms. The Balaban J connectivity index is 1.61. The molecule has 154 valence electrons. The lowest BCUT2D eigenvalue weighted by molar-refractivity contribution is 0.0729. The number of nitrogens with zero attached hydrogens (tertiary/aromatic N) is 4. The number of pyridine rings is 1. The van der Waals surface area contributed by atoms with Gasteiger partial charge in [-0.25, -0.2) is 9.78 Å². The highest BCUT2D eigenvalue weighted by Crippen LogP contribution is 2.28. The van der Waals surface area contributed by atoms with Crippen LogP contribution in [0.25, 0.3) is 10.9 Å². The van der Waals surface area contributed by atoms with Crippen LogP contribution in [0.15, 0.2) is 76.9 Å². The van der Waals surface area contributed by atoms with E-state index >= 15 is 0 Å². The number of aromatic nitrogens is 3. The Kier molecular flexibility index (Phi) is 5.53. The first-order chi connectivity index (χ1) is 15.1. The summed E-state index contributed by atoms with van der Waals surface area (Å²) in [5, 5.41) is 4.77. The second kappa shape index (κ2) is 8.58. The molecule has 0 amide bonds. The summed E-state index contributed by atoms with van der Waals surface area (Å²) in [6.07, 6.45) is 4.54. The number of benzene rings is 2. The molecule has 0 saturated carbocycles. The number of rotatable bonds is 5. The first-order valence-corrected chi connectivity index (χ1v) is 9.40. The van der Waals surface area contributed by atoms with Crippen LogP contribution in [-0.4, -0.2) is 33.9 Å². The highest BCUT2D eigenvalue weighted by molar-refractivity contribution is 5.91. The van der Waals surface area contributed by atoms with Crippen molar-refractivity contribution in [2.45, 2.75) is 6.92 Å². The summed E-state index contributed by atoms with van der Waals surface area (Å²) in [6.45, 7) is 1.72. The van der Waals surface area contributed by atoms with Crippen LogP contribution in [0.5, 0.6) is 11.5 Å². The molecule has 0 saturated heterocycles. The maximum absolute atomic E-state index is 12.7. The molecule has 0 aliphatic heterocycles. The third-order valence-electron chi connectivity index (χ3n) is 4.54. The topological polar surface area (TPSA) is 95.7 Å². The van der Waals surface area contributed by atoms with Gasteiger partial charge in [0, 0.05) is 12.4 Å². The SMILES string of the molecule is COc1cc(C=Nn2c(C)nc3ccccc3c2=O)ccc1OC(=O)c1ccncc1. The number of fused-ring (bicyclic) bond motifs is 1. The summed E-state index contributed by atoms with van der Waals surface area (Å²) in [4.78, 5) is 33.3. The molecule has 4 rings (SSSR count). The third-order valence-corrected chi connectivity index (χ3v) is 4.54. The fourth-order valence-corrected chi connectivity index (χ4v) is 2.99. The van der Waals surface area contributed by atoms with Crippen molar-refractivity contribution in [1.29, 1.82) is 0 Å². The fourth-order valence-electron chi connectivity index (χ4n) is 2.99. The molecule has 0 aliphatic rings. The summed E-state index contributed by atoms with van der Waals surface area (Å²) in [5.41, 5.74) is 1.40. The Hall–Kier alpha value is -4.33. The van der Waals surface area contributed by atoms with Gasteiger partial charge in [-0.1, -0.05) is 12.1 Å². The number of hydrogen-bond acceptors (Lipinski definition) is 7. The van der Waals surface area contributed by atoms with E-state index in [1.54, 1.807) is 55.5 Å². The van der Waals surface area contributed by atoms with E-state index in [0.29, 0.717) is 33.6 Å². The van der Waals surface area contributed by atoms with Gasteiger partial charge in [-0.3, -0.25) is 9.78 Å². The molecule has 0 radical (unpaired) electrons. The minimum absolute atomic E-state index is 0.255. The molecular formula is C23H18N4O4. The number of methoxy groups -OCH3 is 1. The Labute approximate surface area is 177 Å². The lowest BCUT2D eigenvalue weighted by atomic mass is 10.2. The average molecular weight is 414 g/mol. The normalized spacial score (nSPS) is 11.0. The van der Waals surface area contributed by atoms with Crippen molar-refractivity contribution >= 4 is 23.1 Å². The molecular weight excluding hydrogens is 396 g/mol. The van der Waals surface area contributed by atoms with E-state index in [9.17, 15) is 9.59 Å².